The predicted octanol–water partition coefficient (Wildman–Crippen LogP) is 2.13. The molecule has 1 unspecified atom stereocenters. The highest BCUT2D eigenvalue weighted by atomic mass is 16.3. The van der Waals surface area contributed by atoms with Gasteiger partial charge in [-0.2, -0.15) is 0 Å². The Morgan fingerprint density at radius 3 is 2.64 bits per heavy atom. The third-order valence-electron chi connectivity index (χ3n) is 3.32. The first kappa shape index (κ1) is 11.4. The summed E-state index contributed by atoms with van der Waals surface area (Å²) in [4.78, 5) is 11.4. The summed E-state index contributed by atoms with van der Waals surface area (Å²) in [6.45, 7) is 5.72. The van der Waals surface area contributed by atoms with Gasteiger partial charge in [-0.3, -0.25) is 4.79 Å². The Morgan fingerprint density at radius 2 is 2.21 bits per heavy atom. The van der Waals surface area contributed by atoms with Gasteiger partial charge < -0.3 is 5.11 Å². The molecule has 79 valence electrons. The van der Waals surface area contributed by atoms with Crippen molar-refractivity contribution >= 4 is 5.78 Å². The highest BCUT2D eigenvalue weighted by molar-refractivity contribution is 5.91. The molecule has 1 saturated carbocycles. The van der Waals surface area contributed by atoms with E-state index in [0.29, 0.717) is 5.92 Å². The first-order chi connectivity index (χ1) is 6.69. The van der Waals surface area contributed by atoms with Crippen LogP contribution in [0.1, 0.15) is 32.6 Å². The van der Waals surface area contributed by atoms with Crippen LogP contribution in [0.2, 0.25) is 0 Å². The van der Waals surface area contributed by atoms with Crippen molar-refractivity contribution in [1.82, 2.24) is 0 Å². The number of carbonyl (C=O) groups is 1. The molecule has 0 aromatic rings. The molecule has 1 fully saturated rings. The van der Waals surface area contributed by atoms with Crippen LogP contribution in [0.5, 0.6) is 0 Å². The van der Waals surface area contributed by atoms with Gasteiger partial charge in [0.05, 0.1) is 0 Å². The molecule has 0 bridgehead atoms. The summed E-state index contributed by atoms with van der Waals surface area (Å²) in [7, 11) is 0. The Morgan fingerprint density at radius 1 is 1.64 bits per heavy atom. The van der Waals surface area contributed by atoms with E-state index in [9.17, 15) is 4.79 Å². The minimum Gasteiger partial charge on any atom is -0.396 e. The molecule has 0 heterocycles. The fourth-order valence-corrected chi connectivity index (χ4v) is 2.12. The molecule has 1 aliphatic carbocycles. The maximum absolute atomic E-state index is 11.4. The smallest absolute Gasteiger partial charge is 0.158 e. The molecule has 0 amide bonds. The molecular weight excluding hydrogens is 176 g/mol. The van der Waals surface area contributed by atoms with Crippen LogP contribution in [0.25, 0.3) is 0 Å². The van der Waals surface area contributed by atoms with E-state index in [-0.39, 0.29) is 18.3 Å². The zero-order valence-corrected chi connectivity index (χ0v) is 8.83. The molecule has 1 rings (SSSR count). The van der Waals surface area contributed by atoms with E-state index in [1.165, 1.54) is 12.0 Å². The number of allylic oxidation sites excluding steroid dienone is 1. The third kappa shape index (κ3) is 2.68. The molecule has 0 aromatic carbocycles. The maximum Gasteiger partial charge on any atom is 0.158 e. The molecule has 1 N–H and O–H groups in total. The molecule has 1 atom stereocenters. The Bertz CT molecular complexity index is 202. The van der Waals surface area contributed by atoms with Crippen LogP contribution in [0, 0.1) is 17.8 Å². The van der Waals surface area contributed by atoms with Crippen molar-refractivity contribution in [2.24, 2.45) is 11.8 Å². The first-order valence-electron chi connectivity index (χ1n) is 5.29. The Kier molecular flexibility index (Phi) is 4.33. The Balaban J connectivity index is 2.41. The molecule has 0 aliphatic heterocycles. The second kappa shape index (κ2) is 5.30. The summed E-state index contributed by atoms with van der Waals surface area (Å²) in [6.07, 6.45) is 5.47. The quantitative estimate of drug-likeness (QED) is 0.698. The molecular formula is C12H19O2. The van der Waals surface area contributed by atoms with Crippen LogP contribution in [0.3, 0.4) is 0 Å². The lowest BCUT2D eigenvalue weighted by Gasteiger charge is -2.29. The predicted molar refractivity (Wildman–Crippen MR) is 56.7 cm³/mol. The van der Waals surface area contributed by atoms with Gasteiger partial charge in [-0.25, -0.2) is 0 Å². The summed E-state index contributed by atoms with van der Waals surface area (Å²) in [5.41, 5.74) is 0. The van der Waals surface area contributed by atoms with E-state index in [1.807, 2.05) is 6.92 Å². The van der Waals surface area contributed by atoms with Crippen LogP contribution in [0.15, 0.2) is 12.7 Å². The van der Waals surface area contributed by atoms with Crippen molar-refractivity contribution in [2.75, 3.05) is 6.61 Å². The lowest BCUT2D eigenvalue weighted by molar-refractivity contribution is -0.119. The van der Waals surface area contributed by atoms with Gasteiger partial charge in [0.15, 0.2) is 5.78 Å². The molecule has 0 aromatic heterocycles. The molecule has 2 heteroatoms. The van der Waals surface area contributed by atoms with Crippen LogP contribution < -0.4 is 0 Å². The fourth-order valence-electron chi connectivity index (χ4n) is 2.12. The minimum absolute atomic E-state index is 0.104. The van der Waals surface area contributed by atoms with Crippen molar-refractivity contribution in [3.63, 3.8) is 0 Å². The lowest BCUT2D eigenvalue weighted by atomic mass is 9.75. The van der Waals surface area contributed by atoms with Crippen LogP contribution in [-0.2, 0) is 4.79 Å². The largest absolute Gasteiger partial charge is 0.396 e. The van der Waals surface area contributed by atoms with Crippen molar-refractivity contribution in [3.05, 3.63) is 18.6 Å². The fraction of sp³-hybridized carbons (Fsp3) is 0.667. The summed E-state index contributed by atoms with van der Waals surface area (Å²) < 4.78 is 0. The zero-order chi connectivity index (χ0) is 10.6. The molecule has 2 nitrogen and oxygen atoms in total. The van der Waals surface area contributed by atoms with Gasteiger partial charge in [0.1, 0.15) is 0 Å². The number of carbonyl (C=O) groups excluding carboxylic acids is 1. The van der Waals surface area contributed by atoms with Gasteiger partial charge in [-0.15, -0.1) is 0 Å². The van der Waals surface area contributed by atoms with Crippen molar-refractivity contribution in [3.8, 4) is 0 Å². The van der Waals surface area contributed by atoms with E-state index in [1.54, 1.807) is 0 Å². The SMILES string of the molecule is C=CC(=O)C(C)C1CC[C](CO)CC1. The lowest BCUT2D eigenvalue weighted by Crippen LogP contribution is -2.24. The standard InChI is InChI=1S/C12H19O2/c1-3-12(14)9(2)11-6-4-10(8-13)5-7-11/h3,9,11,13H,1,4-8H2,2H3. The maximum atomic E-state index is 11.4. The number of aliphatic hydroxyl groups is 1. The Hall–Kier alpha value is -0.630. The summed E-state index contributed by atoms with van der Waals surface area (Å²) in [5, 5.41) is 8.95. The monoisotopic (exact) mass is 195 g/mol. The second-order valence-corrected chi connectivity index (χ2v) is 4.14. The van der Waals surface area contributed by atoms with E-state index in [4.69, 9.17) is 5.11 Å². The van der Waals surface area contributed by atoms with E-state index in [2.05, 4.69) is 6.58 Å². The van der Waals surface area contributed by atoms with E-state index in [0.717, 1.165) is 25.7 Å². The number of hydrogen-bond donors (Lipinski definition) is 1. The summed E-state index contributed by atoms with van der Waals surface area (Å²) in [6, 6.07) is 0. The number of ketones is 1. The summed E-state index contributed by atoms with van der Waals surface area (Å²) in [5.74, 6) is 1.98. The van der Waals surface area contributed by atoms with Gasteiger partial charge >= 0.3 is 0 Å². The number of aliphatic hydroxyl groups excluding tert-OH is 1. The number of rotatable bonds is 4. The zero-order valence-electron chi connectivity index (χ0n) is 8.83. The topological polar surface area (TPSA) is 37.3 Å². The third-order valence-corrected chi connectivity index (χ3v) is 3.32. The van der Waals surface area contributed by atoms with Crippen molar-refractivity contribution in [2.45, 2.75) is 32.6 Å². The normalized spacial score (nSPS) is 21.9. The molecule has 0 spiro atoms. The highest BCUT2D eigenvalue weighted by Crippen LogP contribution is 2.34. The van der Waals surface area contributed by atoms with Crippen LogP contribution in [0.4, 0.5) is 0 Å². The molecule has 14 heavy (non-hydrogen) atoms. The number of hydrogen-bond acceptors (Lipinski definition) is 2. The van der Waals surface area contributed by atoms with Gasteiger partial charge in [0.2, 0.25) is 0 Å². The average molecular weight is 195 g/mol. The van der Waals surface area contributed by atoms with Gasteiger partial charge in [-0.1, -0.05) is 13.5 Å². The Labute approximate surface area is 86.0 Å². The van der Waals surface area contributed by atoms with Crippen molar-refractivity contribution in [1.29, 1.82) is 0 Å². The van der Waals surface area contributed by atoms with Gasteiger partial charge in [0.25, 0.3) is 0 Å². The van der Waals surface area contributed by atoms with Crippen LogP contribution in [-0.4, -0.2) is 17.5 Å². The molecule has 0 saturated heterocycles. The molecule has 1 aliphatic rings. The summed E-state index contributed by atoms with van der Waals surface area (Å²) >= 11 is 0. The van der Waals surface area contributed by atoms with Crippen LogP contribution >= 0.6 is 0 Å². The average Bonchev–Trinajstić information content (AvgIpc) is 2.27. The van der Waals surface area contributed by atoms with Crippen molar-refractivity contribution < 1.29 is 9.90 Å². The first-order valence-corrected chi connectivity index (χ1v) is 5.29. The molecule has 1 radical (unpaired) electrons. The second-order valence-electron chi connectivity index (χ2n) is 4.14. The highest BCUT2D eigenvalue weighted by Gasteiger charge is 2.27. The van der Waals surface area contributed by atoms with Gasteiger partial charge in [-0.05, 0) is 37.7 Å². The minimum atomic E-state index is 0.104. The van der Waals surface area contributed by atoms with E-state index < -0.39 is 0 Å². The van der Waals surface area contributed by atoms with Gasteiger partial charge in [0, 0.05) is 18.4 Å². The van der Waals surface area contributed by atoms with E-state index >= 15 is 0 Å².